The van der Waals surface area contributed by atoms with Crippen LogP contribution in [0.3, 0.4) is 0 Å². The van der Waals surface area contributed by atoms with Crippen LogP contribution in [0, 0.1) is 0 Å². The van der Waals surface area contributed by atoms with Crippen LogP contribution in [0.25, 0.3) is 10.9 Å². The molecule has 0 bridgehead atoms. The third-order valence-electron chi connectivity index (χ3n) is 4.97. The minimum absolute atomic E-state index is 0.113. The van der Waals surface area contributed by atoms with Gasteiger partial charge in [-0.25, -0.2) is 0 Å². The molecule has 0 aliphatic heterocycles. The van der Waals surface area contributed by atoms with Crippen molar-refractivity contribution < 1.29 is 9.90 Å². The topological polar surface area (TPSA) is 93.8 Å². The first kappa shape index (κ1) is 15.9. The van der Waals surface area contributed by atoms with E-state index in [1.165, 1.54) is 0 Å². The summed E-state index contributed by atoms with van der Waals surface area (Å²) in [6.45, 7) is -0.113. The molecular formula is C19H22N4O2. The molecule has 1 aromatic carbocycles. The number of H-pyrrole nitrogens is 2. The van der Waals surface area contributed by atoms with E-state index in [2.05, 4.69) is 20.5 Å². The second kappa shape index (κ2) is 6.72. The van der Waals surface area contributed by atoms with Crippen molar-refractivity contribution in [3.8, 4) is 0 Å². The molecule has 2 heterocycles. The minimum atomic E-state index is -0.345. The summed E-state index contributed by atoms with van der Waals surface area (Å²) in [7, 11) is 0. The highest BCUT2D eigenvalue weighted by atomic mass is 16.3. The minimum Gasteiger partial charge on any atom is -0.394 e. The van der Waals surface area contributed by atoms with Gasteiger partial charge in [0, 0.05) is 28.4 Å². The van der Waals surface area contributed by atoms with E-state index in [9.17, 15) is 9.90 Å². The maximum Gasteiger partial charge on any atom is 0.272 e. The van der Waals surface area contributed by atoms with Crippen molar-refractivity contribution in [2.45, 2.75) is 38.1 Å². The van der Waals surface area contributed by atoms with Gasteiger partial charge in [-0.15, -0.1) is 0 Å². The lowest BCUT2D eigenvalue weighted by Crippen LogP contribution is -2.39. The molecule has 0 saturated heterocycles. The van der Waals surface area contributed by atoms with E-state index in [0.717, 1.165) is 53.4 Å². The van der Waals surface area contributed by atoms with Crippen LogP contribution in [0.2, 0.25) is 0 Å². The molecule has 1 unspecified atom stereocenters. The number of benzene rings is 1. The number of rotatable bonds is 5. The molecule has 130 valence electrons. The molecule has 4 N–H and O–H groups in total. The Hall–Kier alpha value is -2.60. The summed E-state index contributed by atoms with van der Waals surface area (Å²) in [5.74, 6) is -0.210. The fourth-order valence-electron chi connectivity index (χ4n) is 3.65. The number of aliphatic hydroxyl groups excluding tert-OH is 1. The molecule has 4 rings (SSSR count). The summed E-state index contributed by atoms with van der Waals surface area (Å²) >= 11 is 0. The lowest BCUT2D eigenvalue weighted by atomic mass is 9.95. The largest absolute Gasteiger partial charge is 0.394 e. The Kier molecular flexibility index (Phi) is 4.28. The van der Waals surface area contributed by atoms with Gasteiger partial charge in [0.25, 0.3) is 5.91 Å². The second-order valence-electron chi connectivity index (χ2n) is 6.65. The number of aryl methyl sites for hydroxylation is 1. The van der Waals surface area contributed by atoms with E-state index in [0.29, 0.717) is 12.1 Å². The third-order valence-corrected chi connectivity index (χ3v) is 4.97. The van der Waals surface area contributed by atoms with Crippen LogP contribution in [0.15, 0.2) is 30.5 Å². The number of carbonyl (C=O) groups is 1. The molecule has 6 heteroatoms. The van der Waals surface area contributed by atoms with Crippen LogP contribution in [0.1, 0.15) is 40.2 Å². The lowest BCUT2D eigenvalue weighted by Gasteiger charge is -2.16. The van der Waals surface area contributed by atoms with E-state index in [-0.39, 0.29) is 18.6 Å². The first-order valence-corrected chi connectivity index (χ1v) is 8.79. The molecule has 0 fully saturated rings. The van der Waals surface area contributed by atoms with Gasteiger partial charge in [0.15, 0.2) is 5.69 Å². The molecule has 3 aromatic rings. The third kappa shape index (κ3) is 3.05. The molecule has 2 aromatic heterocycles. The van der Waals surface area contributed by atoms with Crippen molar-refractivity contribution in [2.24, 2.45) is 0 Å². The Morgan fingerprint density at radius 2 is 2.12 bits per heavy atom. The standard InChI is InChI=1S/C19H22N4O2/c24-11-13(9-12-10-20-16-7-3-1-5-14(12)16)21-19(25)18-15-6-2-4-8-17(15)22-23-18/h1,3,5,7,10,13,20,24H,2,4,6,8-9,11H2,(H,21,25)(H,22,23). The van der Waals surface area contributed by atoms with Gasteiger partial charge in [-0.1, -0.05) is 18.2 Å². The highest BCUT2D eigenvalue weighted by molar-refractivity contribution is 5.94. The van der Waals surface area contributed by atoms with Gasteiger partial charge in [0.05, 0.1) is 12.6 Å². The van der Waals surface area contributed by atoms with E-state index in [4.69, 9.17) is 0 Å². The normalized spacial score (nSPS) is 15.1. The highest BCUT2D eigenvalue weighted by Crippen LogP contribution is 2.23. The van der Waals surface area contributed by atoms with Crippen LogP contribution in [0.5, 0.6) is 0 Å². The number of aromatic nitrogens is 3. The summed E-state index contributed by atoms with van der Waals surface area (Å²) in [4.78, 5) is 15.9. The first-order chi connectivity index (χ1) is 12.3. The number of amides is 1. The monoisotopic (exact) mass is 338 g/mol. The average Bonchev–Trinajstić information content (AvgIpc) is 3.25. The molecule has 0 radical (unpaired) electrons. The summed E-state index contributed by atoms with van der Waals surface area (Å²) in [5.41, 5.74) is 4.73. The fourth-order valence-corrected chi connectivity index (χ4v) is 3.65. The summed E-state index contributed by atoms with van der Waals surface area (Å²) < 4.78 is 0. The second-order valence-corrected chi connectivity index (χ2v) is 6.65. The number of hydrogen-bond donors (Lipinski definition) is 4. The number of para-hydroxylation sites is 1. The number of carbonyl (C=O) groups excluding carboxylic acids is 1. The van der Waals surface area contributed by atoms with Gasteiger partial charge in [0.2, 0.25) is 0 Å². The fraction of sp³-hybridized carbons (Fsp3) is 0.368. The van der Waals surface area contributed by atoms with Gasteiger partial charge in [-0.05, 0) is 43.7 Å². The van der Waals surface area contributed by atoms with Crippen LogP contribution >= 0.6 is 0 Å². The Balaban J connectivity index is 1.50. The predicted octanol–water partition coefficient (Wildman–Crippen LogP) is 2.10. The van der Waals surface area contributed by atoms with Gasteiger partial charge >= 0.3 is 0 Å². The molecule has 0 saturated carbocycles. The van der Waals surface area contributed by atoms with Crippen molar-refractivity contribution in [1.29, 1.82) is 0 Å². The van der Waals surface area contributed by atoms with Crippen molar-refractivity contribution in [2.75, 3.05) is 6.61 Å². The zero-order valence-corrected chi connectivity index (χ0v) is 14.0. The van der Waals surface area contributed by atoms with Crippen molar-refractivity contribution in [1.82, 2.24) is 20.5 Å². The quantitative estimate of drug-likeness (QED) is 0.574. The average molecular weight is 338 g/mol. The maximum absolute atomic E-state index is 12.6. The maximum atomic E-state index is 12.6. The number of fused-ring (bicyclic) bond motifs is 2. The van der Waals surface area contributed by atoms with Crippen molar-refractivity contribution in [3.63, 3.8) is 0 Å². The number of nitrogens with zero attached hydrogens (tertiary/aromatic N) is 1. The van der Waals surface area contributed by atoms with E-state index < -0.39 is 0 Å². The molecule has 6 nitrogen and oxygen atoms in total. The molecular weight excluding hydrogens is 316 g/mol. The zero-order chi connectivity index (χ0) is 17.2. The Morgan fingerprint density at radius 1 is 1.28 bits per heavy atom. The lowest BCUT2D eigenvalue weighted by molar-refractivity contribution is 0.0910. The number of aromatic amines is 2. The number of hydrogen-bond acceptors (Lipinski definition) is 3. The summed E-state index contributed by atoms with van der Waals surface area (Å²) in [6.07, 6.45) is 6.58. The van der Waals surface area contributed by atoms with E-state index in [1.807, 2.05) is 30.5 Å². The predicted molar refractivity (Wildman–Crippen MR) is 95.6 cm³/mol. The first-order valence-electron chi connectivity index (χ1n) is 8.79. The van der Waals surface area contributed by atoms with Gasteiger partial charge in [-0.3, -0.25) is 9.89 Å². The molecule has 1 atom stereocenters. The number of aliphatic hydroxyl groups is 1. The summed E-state index contributed by atoms with van der Waals surface area (Å²) in [5, 5.41) is 21.0. The molecule has 0 spiro atoms. The van der Waals surface area contributed by atoms with Crippen LogP contribution in [0.4, 0.5) is 0 Å². The van der Waals surface area contributed by atoms with Gasteiger partial charge in [0.1, 0.15) is 0 Å². The summed E-state index contributed by atoms with van der Waals surface area (Å²) in [6, 6.07) is 7.68. The molecule has 1 aliphatic rings. The molecule has 1 aliphatic carbocycles. The van der Waals surface area contributed by atoms with Crippen molar-refractivity contribution >= 4 is 16.8 Å². The Bertz CT molecular complexity index is 896. The van der Waals surface area contributed by atoms with Gasteiger partial charge < -0.3 is 15.4 Å². The smallest absolute Gasteiger partial charge is 0.272 e. The highest BCUT2D eigenvalue weighted by Gasteiger charge is 2.23. The zero-order valence-electron chi connectivity index (χ0n) is 14.0. The van der Waals surface area contributed by atoms with E-state index in [1.54, 1.807) is 0 Å². The van der Waals surface area contributed by atoms with Crippen molar-refractivity contribution in [3.05, 3.63) is 53.0 Å². The van der Waals surface area contributed by atoms with Crippen LogP contribution in [-0.2, 0) is 19.3 Å². The molecule has 1 amide bonds. The van der Waals surface area contributed by atoms with Gasteiger partial charge in [-0.2, -0.15) is 5.10 Å². The van der Waals surface area contributed by atoms with Crippen LogP contribution in [-0.4, -0.2) is 38.8 Å². The molecule has 25 heavy (non-hydrogen) atoms. The van der Waals surface area contributed by atoms with Crippen LogP contribution < -0.4 is 5.32 Å². The van der Waals surface area contributed by atoms with E-state index >= 15 is 0 Å². The Morgan fingerprint density at radius 3 is 3.00 bits per heavy atom. The Labute approximate surface area is 145 Å². The number of nitrogens with one attached hydrogen (secondary N) is 3. The SMILES string of the molecule is O=C(NC(CO)Cc1c[nH]c2ccccc12)c1n[nH]c2c1CCCC2.